The quantitative estimate of drug-likeness (QED) is 0.532. The summed E-state index contributed by atoms with van der Waals surface area (Å²) in [6.45, 7) is 1.89. The lowest BCUT2D eigenvalue weighted by Crippen LogP contribution is -2.24. The predicted molar refractivity (Wildman–Crippen MR) is 109 cm³/mol. The highest BCUT2D eigenvalue weighted by Crippen LogP contribution is 2.38. The van der Waals surface area contributed by atoms with E-state index in [1.54, 1.807) is 43.3 Å². The highest BCUT2D eigenvalue weighted by atomic mass is 79.9. The molecule has 0 fully saturated rings. The zero-order chi connectivity index (χ0) is 19.8. The Morgan fingerprint density at radius 1 is 1.30 bits per heavy atom. The van der Waals surface area contributed by atoms with Gasteiger partial charge in [0.1, 0.15) is 12.4 Å². The van der Waals surface area contributed by atoms with E-state index in [1.807, 2.05) is 0 Å². The highest BCUT2D eigenvalue weighted by molar-refractivity contribution is 9.11. The molecule has 0 saturated heterocycles. The van der Waals surface area contributed by atoms with Crippen molar-refractivity contribution < 1.29 is 19.4 Å². The number of aliphatic hydroxyl groups is 1. The number of aliphatic hydroxyl groups excluding tert-OH is 1. The molecule has 27 heavy (non-hydrogen) atoms. The van der Waals surface area contributed by atoms with Gasteiger partial charge in [-0.05, 0) is 59.3 Å². The molecule has 2 rings (SSSR count). The summed E-state index contributed by atoms with van der Waals surface area (Å²) in [4.78, 5) is 12.6. The highest BCUT2D eigenvalue weighted by Gasteiger charge is 2.27. The fourth-order valence-corrected chi connectivity index (χ4v) is 3.76. The van der Waals surface area contributed by atoms with Crippen molar-refractivity contribution in [1.29, 1.82) is 5.26 Å². The molecule has 0 radical (unpaired) electrons. The average molecular weight is 498 g/mol. The van der Waals surface area contributed by atoms with Gasteiger partial charge < -0.3 is 19.9 Å². The maximum absolute atomic E-state index is 12.6. The normalized spacial score (nSPS) is 11.4. The van der Waals surface area contributed by atoms with Crippen molar-refractivity contribution in [1.82, 2.24) is 0 Å². The number of hydrogen-bond donors (Lipinski definition) is 2. The van der Waals surface area contributed by atoms with Crippen LogP contribution < -0.4 is 10.1 Å². The molecule has 142 valence electrons. The van der Waals surface area contributed by atoms with Gasteiger partial charge in [0.15, 0.2) is 6.04 Å². The predicted octanol–water partition coefficient (Wildman–Crippen LogP) is 4.17. The number of carbonyl (C=O) groups excluding carboxylic acids is 1. The first-order valence-corrected chi connectivity index (χ1v) is 9.74. The molecule has 1 unspecified atom stereocenters. The summed E-state index contributed by atoms with van der Waals surface area (Å²) in [6.07, 6.45) is 0. The van der Waals surface area contributed by atoms with Crippen LogP contribution in [0.4, 0.5) is 5.69 Å². The van der Waals surface area contributed by atoms with Crippen LogP contribution in [-0.2, 0) is 9.53 Å². The number of rotatable bonds is 8. The third-order valence-corrected chi connectivity index (χ3v) is 4.58. The van der Waals surface area contributed by atoms with Gasteiger partial charge >= 0.3 is 5.97 Å². The number of carbonyl (C=O) groups is 1. The van der Waals surface area contributed by atoms with Gasteiger partial charge in [-0.3, -0.25) is 0 Å². The fourth-order valence-electron chi connectivity index (χ4n) is 2.39. The van der Waals surface area contributed by atoms with Crippen molar-refractivity contribution in [2.75, 3.05) is 25.1 Å². The van der Waals surface area contributed by atoms with Gasteiger partial charge in [0.2, 0.25) is 0 Å². The van der Waals surface area contributed by atoms with Crippen molar-refractivity contribution in [3.05, 3.63) is 56.5 Å². The SMILES string of the molecule is CCOC(=O)C(Nc1ccc(C#N)cc1)c1cc(Br)cc(Br)c1OCCO. The number of ether oxygens (including phenoxy) is 2. The van der Waals surface area contributed by atoms with Crippen molar-refractivity contribution >= 4 is 43.5 Å². The smallest absolute Gasteiger partial charge is 0.333 e. The van der Waals surface area contributed by atoms with Crippen LogP contribution in [0.3, 0.4) is 0 Å². The van der Waals surface area contributed by atoms with E-state index in [-0.39, 0.29) is 19.8 Å². The Balaban J connectivity index is 2.46. The minimum atomic E-state index is -0.847. The Bertz CT molecular complexity index is 835. The summed E-state index contributed by atoms with van der Waals surface area (Å²) in [5, 5.41) is 21.2. The van der Waals surface area contributed by atoms with Crippen LogP contribution in [0.5, 0.6) is 5.75 Å². The molecular weight excluding hydrogens is 480 g/mol. The molecule has 0 aromatic heterocycles. The van der Waals surface area contributed by atoms with Crippen molar-refractivity contribution in [3.63, 3.8) is 0 Å². The molecule has 0 amide bonds. The molecule has 0 aliphatic rings. The number of anilines is 1. The van der Waals surface area contributed by atoms with E-state index in [0.29, 0.717) is 27.0 Å². The van der Waals surface area contributed by atoms with E-state index >= 15 is 0 Å². The van der Waals surface area contributed by atoms with Crippen LogP contribution in [0.25, 0.3) is 0 Å². The average Bonchev–Trinajstić information content (AvgIpc) is 2.65. The monoisotopic (exact) mass is 496 g/mol. The van der Waals surface area contributed by atoms with Gasteiger partial charge in [0.25, 0.3) is 0 Å². The largest absolute Gasteiger partial charge is 0.490 e. The molecule has 0 spiro atoms. The molecule has 8 heteroatoms. The second-order valence-corrected chi connectivity index (χ2v) is 7.17. The molecule has 0 heterocycles. The Hall–Kier alpha value is -2.08. The van der Waals surface area contributed by atoms with Crippen LogP contribution in [0.2, 0.25) is 0 Å². The summed E-state index contributed by atoms with van der Waals surface area (Å²) >= 11 is 6.86. The third-order valence-electron chi connectivity index (χ3n) is 3.53. The van der Waals surface area contributed by atoms with Crippen LogP contribution in [0, 0.1) is 11.3 Å². The van der Waals surface area contributed by atoms with Crippen LogP contribution in [0.1, 0.15) is 24.1 Å². The third kappa shape index (κ3) is 5.70. The van der Waals surface area contributed by atoms with Gasteiger partial charge in [-0.15, -0.1) is 0 Å². The van der Waals surface area contributed by atoms with E-state index in [2.05, 4.69) is 43.2 Å². The van der Waals surface area contributed by atoms with Crippen molar-refractivity contribution in [2.45, 2.75) is 13.0 Å². The lowest BCUT2D eigenvalue weighted by molar-refractivity contribution is -0.144. The molecule has 1 atom stereocenters. The van der Waals surface area contributed by atoms with E-state index in [1.165, 1.54) is 0 Å². The minimum Gasteiger partial charge on any atom is -0.490 e. The van der Waals surface area contributed by atoms with Crippen LogP contribution >= 0.6 is 31.9 Å². The second kappa shape index (κ2) is 10.3. The van der Waals surface area contributed by atoms with E-state index in [9.17, 15) is 4.79 Å². The van der Waals surface area contributed by atoms with Crippen molar-refractivity contribution in [2.24, 2.45) is 0 Å². The molecule has 2 N–H and O–H groups in total. The van der Waals surface area contributed by atoms with Crippen LogP contribution in [-0.4, -0.2) is 30.9 Å². The molecule has 2 aromatic carbocycles. The first-order valence-electron chi connectivity index (χ1n) is 8.16. The maximum Gasteiger partial charge on any atom is 0.333 e. The van der Waals surface area contributed by atoms with Gasteiger partial charge in [0, 0.05) is 15.7 Å². The number of nitriles is 1. The summed E-state index contributed by atoms with van der Waals surface area (Å²) in [5.74, 6) is -0.0350. The van der Waals surface area contributed by atoms with Gasteiger partial charge in [-0.1, -0.05) is 15.9 Å². The van der Waals surface area contributed by atoms with E-state index in [4.69, 9.17) is 19.8 Å². The van der Waals surface area contributed by atoms with Gasteiger partial charge in [-0.25, -0.2) is 4.79 Å². The second-order valence-electron chi connectivity index (χ2n) is 5.40. The summed E-state index contributed by atoms with van der Waals surface area (Å²) < 4.78 is 12.3. The lowest BCUT2D eigenvalue weighted by Gasteiger charge is -2.22. The summed E-state index contributed by atoms with van der Waals surface area (Å²) in [6, 6.07) is 11.5. The number of benzene rings is 2. The van der Waals surface area contributed by atoms with Gasteiger partial charge in [0.05, 0.1) is 29.3 Å². The lowest BCUT2D eigenvalue weighted by atomic mass is 10.0. The van der Waals surface area contributed by atoms with E-state index < -0.39 is 12.0 Å². The Morgan fingerprint density at radius 2 is 2.00 bits per heavy atom. The first kappa shape index (κ1) is 21.2. The zero-order valence-electron chi connectivity index (χ0n) is 14.5. The first-order chi connectivity index (χ1) is 13.0. The van der Waals surface area contributed by atoms with Gasteiger partial charge in [-0.2, -0.15) is 5.26 Å². The molecule has 0 aliphatic heterocycles. The number of nitrogens with one attached hydrogen (secondary N) is 1. The molecule has 0 saturated carbocycles. The standard InChI is InChI=1S/C19H18Br2N2O4/c1-2-26-19(25)17(23-14-5-3-12(11-22)4-6-14)15-9-13(20)10-16(21)18(15)27-8-7-24/h3-6,9-10,17,23-24H,2,7-8H2,1H3. The van der Waals surface area contributed by atoms with Crippen LogP contribution in [0.15, 0.2) is 45.3 Å². The molecular formula is C19H18Br2N2O4. The fraction of sp³-hybridized carbons (Fsp3) is 0.263. The van der Waals surface area contributed by atoms with Crippen molar-refractivity contribution in [3.8, 4) is 11.8 Å². The molecule has 6 nitrogen and oxygen atoms in total. The molecule has 2 aromatic rings. The zero-order valence-corrected chi connectivity index (χ0v) is 17.7. The summed E-state index contributed by atoms with van der Waals surface area (Å²) in [5.41, 5.74) is 1.72. The Labute approximate surface area is 174 Å². The minimum absolute atomic E-state index is 0.0830. The maximum atomic E-state index is 12.6. The van der Waals surface area contributed by atoms with E-state index in [0.717, 1.165) is 4.47 Å². The topological polar surface area (TPSA) is 91.6 Å². The Kier molecular flexibility index (Phi) is 8.10. The number of esters is 1. The number of nitrogens with zero attached hydrogens (tertiary/aromatic N) is 1. The number of halogens is 2. The Morgan fingerprint density at radius 3 is 2.59 bits per heavy atom. The molecule has 0 aliphatic carbocycles. The summed E-state index contributed by atoms with van der Waals surface area (Å²) in [7, 11) is 0. The molecule has 0 bridgehead atoms. The number of hydrogen-bond acceptors (Lipinski definition) is 6.